The van der Waals surface area contributed by atoms with E-state index in [2.05, 4.69) is 38.7 Å². The molecular weight excluding hydrogens is 232 g/mol. The second kappa shape index (κ2) is 5.44. The third-order valence-corrected chi connectivity index (χ3v) is 4.54. The lowest BCUT2D eigenvalue weighted by molar-refractivity contribution is 0.220. The summed E-state index contributed by atoms with van der Waals surface area (Å²) in [7, 11) is 0. The summed E-state index contributed by atoms with van der Waals surface area (Å²) in [4.78, 5) is 2.50. The molecule has 1 heterocycles. The fraction of sp³-hybridized carbons (Fsp3) is 0.647. The van der Waals surface area contributed by atoms with Crippen molar-refractivity contribution in [1.29, 1.82) is 0 Å². The molecule has 1 aromatic rings. The Hall–Kier alpha value is -1.18. The van der Waals surface area contributed by atoms with E-state index in [-0.39, 0.29) is 0 Å². The van der Waals surface area contributed by atoms with E-state index in [4.69, 9.17) is 5.73 Å². The quantitative estimate of drug-likeness (QED) is 0.766. The largest absolute Gasteiger partial charge is 0.397 e. The fourth-order valence-electron chi connectivity index (χ4n) is 3.30. The van der Waals surface area contributed by atoms with Crippen molar-refractivity contribution in [3.05, 3.63) is 23.8 Å². The van der Waals surface area contributed by atoms with Crippen molar-refractivity contribution in [1.82, 2.24) is 0 Å². The Bertz CT molecular complexity index is 411. The topological polar surface area (TPSA) is 29.3 Å². The molecular formula is C17H28N2. The Morgan fingerprint density at radius 3 is 2.53 bits per heavy atom. The van der Waals surface area contributed by atoms with Crippen LogP contribution in [0.2, 0.25) is 0 Å². The van der Waals surface area contributed by atoms with Crippen LogP contribution in [-0.2, 0) is 0 Å². The highest BCUT2D eigenvalue weighted by atomic mass is 15.1. The summed E-state index contributed by atoms with van der Waals surface area (Å²) in [6.07, 6.45) is 3.89. The van der Waals surface area contributed by atoms with E-state index in [1.807, 2.05) is 12.1 Å². The number of para-hydroxylation sites is 1. The Morgan fingerprint density at radius 2 is 1.89 bits per heavy atom. The molecule has 106 valence electrons. The van der Waals surface area contributed by atoms with Crippen molar-refractivity contribution in [2.75, 3.05) is 23.7 Å². The number of benzene rings is 1. The molecule has 1 fully saturated rings. The summed E-state index contributed by atoms with van der Waals surface area (Å²) < 4.78 is 0. The van der Waals surface area contributed by atoms with E-state index >= 15 is 0 Å². The minimum absolute atomic E-state index is 0.424. The van der Waals surface area contributed by atoms with Gasteiger partial charge in [-0.3, -0.25) is 0 Å². The summed E-state index contributed by atoms with van der Waals surface area (Å²) in [6, 6.07) is 6.23. The smallest absolute Gasteiger partial charge is 0.0629 e. The highest BCUT2D eigenvalue weighted by Crippen LogP contribution is 2.36. The van der Waals surface area contributed by atoms with Crippen molar-refractivity contribution in [3.63, 3.8) is 0 Å². The van der Waals surface area contributed by atoms with Gasteiger partial charge in [-0.25, -0.2) is 0 Å². The van der Waals surface area contributed by atoms with Crippen molar-refractivity contribution in [2.24, 2.45) is 11.3 Å². The van der Waals surface area contributed by atoms with Gasteiger partial charge in [0.25, 0.3) is 0 Å². The van der Waals surface area contributed by atoms with Crippen LogP contribution in [0.4, 0.5) is 11.4 Å². The van der Waals surface area contributed by atoms with Crippen molar-refractivity contribution in [3.8, 4) is 0 Å². The average Bonchev–Trinajstić information content (AvgIpc) is 2.54. The molecule has 0 amide bonds. The maximum atomic E-state index is 6.18. The van der Waals surface area contributed by atoms with Gasteiger partial charge < -0.3 is 10.6 Å². The van der Waals surface area contributed by atoms with Crippen molar-refractivity contribution >= 4 is 11.4 Å². The first-order chi connectivity index (χ1) is 8.89. The molecule has 0 saturated carbocycles. The van der Waals surface area contributed by atoms with E-state index in [1.54, 1.807) is 0 Å². The second-order valence-corrected chi connectivity index (χ2v) is 6.99. The van der Waals surface area contributed by atoms with E-state index in [0.29, 0.717) is 5.41 Å². The van der Waals surface area contributed by atoms with E-state index in [9.17, 15) is 0 Å². The molecule has 1 atom stereocenters. The predicted molar refractivity (Wildman–Crippen MR) is 84.6 cm³/mol. The number of anilines is 2. The number of aryl methyl sites for hydroxylation is 1. The van der Waals surface area contributed by atoms with Crippen LogP contribution in [0.3, 0.4) is 0 Å². The highest BCUT2D eigenvalue weighted by Gasteiger charge is 2.27. The summed E-state index contributed by atoms with van der Waals surface area (Å²) in [6.45, 7) is 11.6. The van der Waals surface area contributed by atoms with Crippen LogP contribution >= 0.6 is 0 Å². The molecule has 2 N–H and O–H groups in total. The number of hydrogen-bond acceptors (Lipinski definition) is 2. The van der Waals surface area contributed by atoms with Crippen LogP contribution < -0.4 is 10.6 Å². The summed E-state index contributed by atoms with van der Waals surface area (Å²) >= 11 is 0. The third-order valence-electron chi connectivity index (χ3n) is 4.54. The molecule has 1 saturated heterocycles. The number of hydrogen-bond donors (Lipinski definition) is 1. The molecule has 1 aromatic carbocycles. The van der Waals surface area contributed by atoms with Gasteiger partial charge in [-0.1, -0.05) is 32.9 Å². The first-order valence-electron chi connectivity index (χ1n) is 7.49. The summed E-state index contributed by atoms with van der Waals surface area (Å²) in [5.41, 5.74) is 10.1. The van der Waals surface area contributed by atoms with Crippen LogP contribution in [0.25, 0.3) is 0 Å². The summed E-state index contributed by atoms with van der Waals surface area (Å²) in [5, 5.41) is 0. The SMILES string of the molecule is Cc1cccc(N)c1N1CCCC(C(C)(C)C)CC1. The minimum atomic E-state index is 0.424. The van der Waals surface area contributed by atoms with Gasteiger partial charge in [0.1, 0.15) is 0 Å². The second-order valence-electron chi connectivity index (χ2n) is 6.99. The van der Waals surface area contributed by atoms with Crippen molar-refractivity contribution in [2.45, 2.75) is 47.0 Å². The number of nitrogens with two attached hydrogens (primary N) is 1. The van der Waals surface area contributed by atoms with Crippen LogP contribution in [0.1, 0.15) is 45.6 Å². The molecule has 0 radical (unpaired) electrons. The van der Waals surface area contributed by atoms with Gasteiger partial charge in [0.15, 0.2) is 0 Å². The van der Waals surface area contributed by atoms with E-state index in [0.717, 1.165) is 24.7 Å². The molecule has 0 bridgehead atoms. The Balaban J connectivity index is 2.16. The normalized spacial score (nSPS) is 21.3. The van der Waals surface area contributed by atoms with Crippen LogP contribution in [0, 0.1) is 18.3 Å². The maximum absolute atomic E-state index is 6.18. The minimum Gasteiger partial charge on any atom is -0.397 e. The maximum Gasteiger partial charge on any atom is 0.0629 e. The number of nitrogen functional groups attached to an aromatic ring is 1. The third kappa shape index (κ3) is 3.23. The van der Waals surface area contributed by atoms with Gasteiger partial charge in [-0.2, -0.15) is 0 Å². The predicted octanol–water partition coefficient (Wildman–Crippen LogP) is 4.23. The fourth-order valence-corrected chi connectivity index (χ4v) is 3.30. The lowest BCUT2D eigenvalue weighted by atomic mass is 9.77. The van der Waals surface area contributed by atoms with Crippen LogP contribution in [0.5, 0.6) is 0 Å². The lowest BCUT2D eigenvalue weighted by Gasteiger charge is -2.30. The molecule has 19 heavy (non-hydrogen) atoms. The Morgan fingerprint density at radius 1 is 1.16 bits per heavy atom. The summed E-state index contributed by atoms with van der Waals surface area (Å²) in [5.74, 6) is 0.822. The highest BCUT2D eigenvalue weighted by molar-refractivity contribution is 5.71. The van der Waals surface area contributed by atoms with Crippen LogP contribution in [-0.4, -0.2) is 13.1 Å². The van der Waals surface area contributed by atoms with E-state index in [1.165, 1.54) is 30.5 Å². The standard InChI is InChI=1S/C17H28N2/c1-13-7-5-9-15(18)16(13)19-11-6-8-14(10-12-19)17(2,3)4/h5,7,9,14H,6,8,10-12,18H2,1-4H3. The molecule has 2 rings (SSSR count). The van der Waals surface area contributed by atoms with Gasteiger partial charge in [0.2, 0.25) is 0 Å². The molecule has 0 aromatic heterocycles. The number of nitrogens with zero attached hydrogens (tertiary/aromatic N) is 1. The van der Waals surface area contributed by atoms with Crippen LogP contribution in [0.15, 0.2) is 18.2 Å². The average molecular weight is 260 g/mol. The first-order valence-corrected chi connectivity index (χ1v) is 7.49. The molecule has 2 heteroatoms. The molecule has 1 aliphatic heterocycles. The first kappa shape index (κ1) is 14.2. The van der Waals surface area contributed by atoms with Gasteiger partial charge in [0, 0.05) is 13.1 Å². The van der Waals surface area contributed by atoms with Gasteiger partial charge in [-0.05, 0) is 49.1 Å². The zero-order chi connectivity index (χ0) is 14.0. The van der Waals surface area contributed by atoms with Crippen molar-refractivity contribution < 1.29 is 0 Å². The monoisotopic (exact) mass is 260 g/mol. The molecule has 0 aliphatic carbocycles. The molecule has 2 nitrogen and oxygen atoms in total. The lowest BCUT2D eigenvalue weighted by Crippen LogP contribution is -2.27. The van der Waals surface area contributed by atoms with Gasteiger partial charge in [-0.15, -0.1) is 0 Å². The Labute approximate surface area is 118 Å². The molecule has 1 unspecified atom stereocenters. The zero-order valence-electron chi connectivity index (χ0n) is 12.9. The Kier molecular flexibility index (Phi) is 4.07. The molecule has 1 aliphatic rings. The zero-order valence-corrected chi connectivity index (χ0v) is 12.9. The van der Waals surface area contributed by atoms with Gasteiger partial charge >= 0.3 is 0 Å². The van der Waals surface area contributed by atoms with E-state index < -0.39 is 0 Å². The number of rotatable bonds is 1. The van der Waals surface area contributed by atoms with Gasteiger partial charge in [0.05, 0.1) is 11.4 Å². The molecule has 0 spiro atoms.